The van der Waals surface area contributed by atoms with Crippen molar-refractivity contribution in [3.05, 3.63) is 99.7 Å². The van der Waals surface area contributed by atoms with Gasteiger partial charge >= 0.3 is 5.69 Å². The van der Waals surface area contributed by atoms with E-state index in [4.69, 9.17) is 4.74 Å². The SMILES string of the molecule is CCC(C)n1c(=O)c2ccccc2n(CC(=O)Nc2ccc(Oc3ccccc3)cc2)c1=O. The van der Waals surface area contributed by atoms with Crippen molar-refractivity contribution in [3.63, 3.8) is 0 Å². The number of nitrogens with one attached hydrogen (secondary N) is 1. The summed E-state index contributed by atoms with van der Waals surface area (Å²) >= 11 is 0. The number of hydrogen-bond donors (Lipinski definition) is 1. The van der Waals surface area contributed by atoms with Crippen molar-refractivity contribution in [2.45, 2.75) is 32.9 Å². The summed E-state index contributed by atoms with van der Waals surface area (Å²) in [6, 6.07) is 23.0. The molecule has 0 radical (unpaired) electrons. The summed E-state index contributed by atoms with van der Waals surface area (Å²) in [5.74, 6) is 0.993. The Morgan fingerprint density at radius 2 is 1.55 bits per heavy atom. The Hall–Kier alpha value is -4.13. The zero-order valence-electron chi connectivity index (χ0n) is 18.5. The first kappa shape index (κ1) is 22.1. The second-order valence-corrected chi connectivity index (χ2v) is 7.81. The molecule has 0 fully saturated rings. The van der Waals surface area contributed by atoms with Crippen LogP contribution in [0.5, 0.6) is 11.5 Å². The molecule has 0 spiro atoms. The molecule has 1 unspecified atom stereocenters. The van der Waals surface area contributed by atoms with Crippen molar-refractivity contribution in [3.8, 4) is 11.5 Å². The monoisotopic (exact) mass is 443 g/mol. The van der Waals surface area contributed by atoms with E-state index in [9.17, 15) is 14.4 Å². The fourth-order valence-electron chi connectivity index (χ4n) is 3.64. The lowest BCUT2D eigenvalue weighted by atomic mass is 10.2. The molecule has 0 bridgehead atoms. The number of para-hydroxylation sites is 2. The number of amides is 1. The predicted molar refractivity (Wildman–Crippen MR) is 129 cm³/mol. The van der Waals surface area contributed by atoms with Crippen LogP contribution in [0.3, 0.4) is 0 Å². The Bertz CT molecular complexity index is 1390. The maximum absolute atomic E-state index is 13.1. The third-order valence-corrected chi connectivity index (χ3v) is 5.53. The van der Waals surface area contributed by atoms with Gasteiger partial charge in [0.2, 0.25) is 5.91 Å². The van der Waals surface area contributed by atoms with Crippen molar-refractivity contribution in [1.82, 2.24) is 9.13 Å². The van der Waals surface area contributed by atoms with Crippen LogP contribution in [-0.2, 0) is 11.3 Å². The van der Waals surface area contributed by atoms with Crippen molar-refractivity contribution in [2.75, 3.05) is 5.32 Å². The van der Waals surface area contributed by atoms with Crippen LogP contribution >= 0.6 is 0 Å². The number of carbonyl (C=O) groups excluding carboxylic acids is 1. The van der Waals surface area contributed by atoms with Crippen LogP contribution < -0.4 is 21.3 Å². The number of anilines is 1. The number of rotatable bonds is 7. The minimum Gasteiger partial charge on any atom is -0.457 e. The Morgan fingerprint density at radius 1 is 0.909 bits per heavy atom. The molecular weight excluding hydrogens is 418 g/mol. The van der Waals surface area contributed by atoms with Crippen molar-refractivity contribution in [2.24, 2.45) is 0 Å². The van der Waals surface area contributed by atoms with Gasteiger partial charge in [0.1, 0.15) is 18.0 Å². The highest BCUT2D eigenvalue weighted by Crippen LogP contribution is 2.22. The molecule has 0 aliphatic rings. The van der Waals surface area contributed by atoms with E-state index in [1.165, 1.54) is 9.13 Å². The van der Waals surface area contributed by atoms with E-state index in [1.807, 2.05) is 44.2 Å². The fraction of sp³-hybridized carbons (Fsp3) is 0.192. The minimum atomic E-state index is -0.491. The first-order valence-electron chi connectivity index (χ1n) is 10.8. The number of benzene rings is 3. The van der Waals surface area contributed by atoms with Gasteiger partial charge in [-0.05, 0) is 61.9 Å². The predicted octanol–water partition coefficient (Wildman–Crippen LogP) is 4.57. The highest BCUT2D eigenvalue weighted by molar-refractivity contribution is 5.91. The molecule has 0 aliphatic carbocycles. The van der Waals surface area contributed by atoms with Gasteiger partial charge in [0.15, 0.2) is 0 Å². The third kappa shape index (κ3) is 4.72. The lowest BCUT2D eigenvalue weighted by Crippen LogP contribution is -2.43. The smallest absolute Gasteiger partial charge is 0.332 e. The molecule has 0 saturated carbocycles. The van der Waals surface area contributed by atoms with Crippen LogP contribution in [0.15, 0.2) is 88.5 Å². The molecule has 1 heterocycles. The molecule has 1 N–H and O–H groups in total. The largest absolute Gasteiger partial charge is 0.457 e. The molecule has 4 rings (SSSR count). The molecule has 1 atom stereocenters. The lowest BCUT2D eigenvalue weighted by Gasteiger charge is -2.17. The van der Waals surface area contributed by atoms with E-state index < -0.39 is 5.69 Å². The average Bonchev–Trinajstić information content (AvgIpc) is 2.83. The van der Waals surface area contributed by atoms with E-state index >= 15 is 0 Å². The maximum Gasteiger partial charge on any atom is 0.332 e. The zero-order valence-corrected chi connectivity index (χ0v) is 18.5. The quantitative estimate of drug-likeness (QED) is 0.454. The summed E-state index contributed by atoms with van der Waals surface area (Å²) in [4.78, 5) is 38.8. The molecule has 1 amide bonds. The first-order chi connectivity index (χ1) is 16.0. The van der Waals surface area contributed by atoms with Gasteiger partial charge in [-0.3, -0.25) is 18.7 Å². The zero-order chi connectivity index (χ0) is 23.4. The lowest BCUT2D eigenvalue weighted by molar-refractivity contribution is -0.116. The number of hydrogen-bond acceptors (Lipinski definition) is 4. The first-order valence-corrected chi connectivity index (χ1v) is 10.8. The number of nitrogens with zero attached hydrogens (tertiary/aromatic N) is 2. The van der Waals surface area contributed by atoms with E-state index in [0.717, 1.165) is 5.75 Å². The molecule has 4 aromatic rings. The number of ether oxygens (including phenoxy) is 1. The van der Waals surface area contributed by atoms with Gasteiger partial charge in [-0.2, -0.15) is 0 Å². The topological polar surface area (TPSA) is 82.3 Å². The summed E-state index contributed by atoms with van der Waals surface area (Å²) in [5.41, 5.74) is 0.187. The normalized spacial score (nSPS) is 11.8. The van der Waals surface area contributed by atoms with Gasteiger partial charge < -0.3 is 10.1 Å². The Kier molecular flexibility index (Phi) is 6.40. The van der Waals surface area contributed by atoms with Crippen LogP contribution in [0.1, 0.15) is 26.3 Å². The standard InChI is InChI=1S/C26H25N3O4/c1-3-18(2)29-25(31)22-11-7-8-12-23(22)28(26(29)32)17-24(30)27-19-13-15-21(16-14-19)33-20-9-5-4-6-10-20/h4-16,18H,3,17H2,1-2H3,(H,27,30). The Morgan fingerprint density at radius 3 is 2.24 bits per heavy atom. The summed E-state index contributed by atoms with van der Waals surface area (Å²) in [6.45, 7) is 3.52. The molecule has 7 nitrogen and oxygen atoms in total. The van der Waals surface area contributed by atoms with E-state index in [-0.39, 0.29) is 24.1 Å². The fourth-order valence-corrected chi connectivity index (χ4v) is 3.64. The molecule has 1 aromatic heterocycles. The van der Waals surface area contributed by atoms with Gasteiger partial charge in [0, 0.05) is 11.7 Å². The van der Waals surface area contributed by atoms with Crippen LogP contribution in [0.25, 0.3) is 10.9 Å². The van der Waals surface area contributed by atoms with Crippen molar-refractivity contribution >= 4 is 22.5 Å². The van der Waals surface area contributed by atoms with Crippen LogP contribution in [0.4, 0.5) is 5.69 Å². The minimum absolute atomic E-state index is 0.210. The van der Waals surface area contributed by atoms with Crippen LogP contribution in [0, 0.1) is 0 Å². The highest BCUT2D eigenvalue weighted by Gasteiger charge is 2.18. The molecule has 33 heavy (non-hydrogen) atoms. The van der Waals surface area contributed by atoms with Gasteiger partial charge in [0.25, 0.3) is 5.56 Å². The van der Waals surface area contributed by atoms with E-state index in [2.05, 4.69) is 5.32 Å². The van der Waals surface area contributed by atoms with Gasteiger partial charge in [0.05, 0.1) is 10.9 Å². The molecule has 0 saturated heterocycles. The van der Waals surface area contributed by atoms with E-state index in [0.29, 0.717) is 28.8 Å². The van der Waals surface area contributed by atoms with Crippen LogP contribution in [0.2, 0.25) is 0 Å². The number of fused-ring (bicyclic) bond motifs is 1. The highest BCUT2D eigenvalue weighted by atomic mass is 16.5. The second-order valence-electron chi connectivity index (χ2n) is 7.81. The maximum atomic E-state index is 13.1. The summed E-state index contributed by atoms with van der Waals surface area (Å²) in [7, 11) is 0. The number of carbonyl (C=O) groups is 1. The van der Waals surface area contributed by atoms with Gasteiger partial charge in [-0.25, -0.2) is 4.79 Å². The summed E-state index contributed by atoms with van der Waals surface area (Å²) < 4.78 is 8.34. The summed E-state index contributed by atoms with van der Waals surface area (Å²) in [5, 5.41) is 3.22. The van der Waals surface area contributed by atoms with Crippen molar-refractivity contribution in [1.29, 1.82) is 0 Å². The van der Waals surface area contributed by atoms with Gasteiger partial charge in [-0.15, -0.1) is 0 Å². The second kappa shape index (κ2) is 9.56. The van der Waals surface area contributed by atoms with E-state index in [1.54, 1.807) is 48.5 Å². The van der Waals surface area contributed by atoms with Crippen LogP contribution in [-0.4, -0.2) is 15.0 Å². The summed E-state index contributed by atoms with van der Waals surface area (Å²) in [6.07, 6.45) is 0.622. The third-order valence-electron chi connectivity index (χ3n) is 5.53. The van der Waals surface area contributed by atoms with Crippen molar-refractivity contribution < 1.29 is 9.53 Å². The Labute approximate surface area is 190 Å². The molecule has 168 valence electrons. The molecular formula is C26H25N3O4. The molecule has 3 aromatic carbocycles. The molecule has 0 aliphatic heterocycles. The van der Waals surface area contributed by atoms with Gasteiger partial charge in [-0.1, -0.05) is 37.3 Å². The molecule has 7 heteroatoms. The Balaban J connectivity index is 1.57. The average molecular weight is 444 g/mol. The number of aromatic nitrogens is 2.